The van der Waals surface area contributed by atoms with E-state index >= 15 is 0 Å². The number of rotatable bonds is 12. The van der Waals surface area contributed by atoms with Crippen LogP contribution in [0.3, 0.4) is 0 Å². The summed E-state index contributed by atoms with van der Waals surface area (Å²) in [5.74, 6) is 0.283. The van der Waals surface area contributed by atoms with Gasteiger partial charge >= 0.3 is 0 Å². The summed E-state index contributed by atoms with van der Waals surface area (Å²) in [5.41, 5.74) is 2.32. The Morgan fingerprint density at radius 2 is 1.62 bits per heavy atom. The summed E-state index contributed by atoms with van der Waals surface area (Å²) in [7, 11) is 0. The number of para-hydroxylation sites is 1. The summed E-state index contributed by atoms with van der Waals surface area (Å²) in [6.07, 6.45) is 10.2. The van der Waals surface area contributed by atoms with Gasteiger partial charge in [0.2, 0.25) is 0 Å². The summed E-state index contributed by atoms with van der Waals surface area (Å²) in [4.78, 5) is 31.0. The second-order valence-corrected chi connectivity index (χ2v) is 10.4. The van der Waals surface area contributed by atoms with E-state index in [0.29, 0.717) is 33.8 Å². The van der Waals surface area contributed by atoms with E-state index in [0.717, 1.165) is 49.8 Å². The first kappa shape index (κ1) is 25.0. The van der Waals surface area contributed by atoms with Crippen molar-refractivity contribution in [3.8, 4) is 0 Å². The summed E-state index contributed by atoms with van der Waals surface area (Å²) in [5, 5.41) is 0. The molecule has 2 amide bonds. The first-order valence-corrected chi connectivity index (χ1v) is 13.4. The smallest absolute Gasteiger partial charge is 0.267 e. The van der Waals surface area contributed by atoms with Crippen LogP contribution in [0.25, 0.3) is 5.57 Å². The number of thiocarbonyl (C=S) groups is 1. The third-order valence-corrected chi connectivity index (χ3v) is 7.92. The number of nitrogens with zero attached hydrogens (tertiary/aromatic N) is 2. The zero-order chi connectivity index (χ0) is 23.1. The van der Waals surface area contributed by atoms with Gasteiger partial charge in [0.25, 0.3) is 11.8 Å². The van der Waals surface area contributed by atoms with E-state index in [1.54, 1.807) is 4.90 Å². The van der Waals surface area contributed by atoms with Gasteiger partial charge in [0.15, 0.2) is 0 Å². The van der Waals surface area contributed by atoms with Gasteiger partial charge in [-0.1, -0.05) is 108 Å². The highest BCUT2D eigenvalue weighted by atomic mass is 32.2. The summed E-state index contributed by atoms with van der Waals surface area (Å²) in [6.45, 7) is 7.91. The Bertz CT molecular complexity index is 880. The van der Waals surface area contributed by atoms with Crippen molar-refractivity contribution in [3.05, 3.63) is 34.7 Å². The van der Waals surface area contributed by atoms with Crippen LogP contribution in [0.2, 0.25) is 0 Å². The van der Waals surface area contributed by atoms with E-state index in [1.165, 1.54) is 31.0 Å². The molecule has 2 heterocycles. The molecule has 2 aliphatic rings. The lowest BCUT2D eigenvalue weighted by Gasteiger charge is -2.21. The molecule has 32 heavy (non-hydrogen) atoms. The van der Waals surface area contributed by atoms with Gasteiger partial charge in [-0.15, -0.1) is 0 Å². The second kappa shape index (κ2) is 12.0. The number of benzene rings is 1. The topological polar surface area (TPSA) is 40.6 Å². The summed E-state index contributed by atoms with van der Waals surface area (Å²) < 4.78 is 0.579. The largest absolute Gasteiger partial charge is 0.308 e. The molecule has 3 rings (SSSR count). The number of hydrogen-bond donors (Lipinski definition) is 0. The summed E-state index contributed by atoms with van der Waals surface area (Å²) in [6, 6.07) is 7.85. The van der Waals surface area contributed by atoms with Crippen molar-refractivity contribution in [3.63, 3.8) is 0 Å². The van der Waals surface area contributed by atoms with Gasteiger partial charge in [0, 0.05) is 18.7 Å². The van der Waals surface area contributed by atoms with Crippen LogP contribution >= 0.6 is 24.0 Å². The number of carbonyl (C=O) groups is 2. The molecule has 1 unspecified atom stereocenters. The third-order valence-electron chi connectivity index (χ3n) is 6.47. The molecule has 1 aromatic rings. The first-order valence-electron chi connectivity index (χ1n) is 12.2. The zero-order valence-electron chi connectivity index (χ0n) is 19.7. The quantitative estimate of drug-likeness (QED) is 0.191. The lowest BCUT2D eigenvalue weighted by Crippen LogP contribution is -2.33. The van der Waals surface area contributed by atoms with E-state index in [2.05, 4.69) is 20.8 Å². The molecule has 1 saturated heterocycles. The molecule has 4 nitrogen and oxygen atoms in total. The molecule has 0 spiro atoms. The maximum Gasteiger partial charge on any atom is 0.267 e. The van der Waals surface area contributed by atoms with Gasteiger partial charge in [-0.2, -0.15) is 0 Å². The molecular weight excluding hydrogens is 436 g/mol. The lowest BCUT2D eigenvalue weighted by atomic mass is 9.98. The van der Waals surface area contributed by atoms with Crippen LogP contribution in [0.5, 0.6) is 0 Å². The van der Waals surface area contributed by atoms with E-state index in [1.807, 2.05) is 29.2 Å². The van der Waals surface area contributed by atoms with Gasteiger partial charge in [-0.25, -0.2) is 0 Å². The third kappa shape index (κ3) is 5.45. The van der Waals surface area contributed by atoms with Gasteiger partial charge < -0.3 is 4.90 Å². The molecule has 0 saturated carbocycles. The molecular formula is C26H36N2O2S2. The number of fused-ring (bicyclic) bond motifs is 1. The minimum atomic E-state index is -0.0992. The zero-order valence-corrected chi connectivity index (χ0v) is 21.3. The highest BCUT2D eigenvalue weighted by molar-refractivity contribution is 8.26. The molecule has 0 radical (unpaired) electrons. The molecule has 1 aromatic carbocycles. The number of unbranched alkanes of at least 4 members (excludes halogenated alkanes) is 5. The van der Waals surface area contributed by atoms with Crippen LogP contribution in [0.15, 0.2) is 29.2 Å². The fraction of sp³-hybridized carbons (Fsp3) is 0.577. The Hall–Kier alpha value is -1.66. The first-order chi connectivity index (χ1) is 15.5. The predicted molar refractivity (Wildman–Crippen MR) is 140 cm³/mol. The number of carbonyl (C=O) groups excluding carboxylic acids is 2. The number of amides is 2. The monoisotopic (exact) mass is 472 g/mol. The number of hydrogen-bond acceptors (Lipinski definition) is 4. The fourth-order valence-corrected chi connectivity index (χ4v) is 5.82. The SMILES string of the molecule is CCCCCCCN1C(=O)/C(=C2/SC(=S)N(CC(CC)CCCC)C2=O)c2ccccc21. The summed E-state index contributed by atoms with van der Waals surface area (Å²) >= 11 is 6.89. The molecule has 0 aromatic heterocycles. The Labute approximate surface area is 202 Å². The Kier molecular flexibility index (Phi) is 9.35. The Morgan fingerprint density at radius 1 is 0.906 bits per heavy atom. The van der Waals surface area contributed by atoms with Crippen molar-refractivity contribution in [1.82, 2.24) is 4.90 Å². The van der Waals surface area contributed by atoms with Gasteiger partial charge in [-0.3, -0.25) is 14.5 Å². The maximum atomic E-state index is 13.5. The minimum absolute atomic E-state index is 0.0554. The number of anilines is 1. The molecule has 0 aliphatic carbocycles. The predicted octanol–water partition coefficient (Wildman–Crippen LogP) is 6.79. The van der Waals surface area contributed by atoms with Crippen LogP contribution in [0.4, 0.5) is 5.69 Å². The van der Waals surface area contributed by atoms with Crippen LogP contribution in [0.1, 0.15) is 84.1 Å². The standard InChI is InChI=1S/C26H36N2O2S2/c1-4-7-9-10-13-17-27-21-16-12-11-15-20(21)22(24(27)29)23-25(30)28(26(31)32-23)18-19(6-3)14-8-5-2/h11-12,15-16,19H,4-10,13-14,17-18H2,1-3H3/b23-22+. The molecule has 6 heteroatoms. The Morgan fingerprint density at radius 3 is 2.34 bits per heavy atom. The average Bonchev–Trinajstić information content (AvgIpc) is 3.23. The van der Waals surface area contributed by atoms with Crippen molar-refractivity contribution < 1.29 is 9.59 Å². The molecule has 0 N–H and O–H groups in total. The number of thioether (sulfide) groups is 1. The fourth-order valence-electron chi connectivity index (χ4n) is 4.48. The van der Waals surface area contributed by atoms with Crippen molar-refractivity contribution in [1.29, 1.82) is 0 Å². The average molecular weight is 473 g/mol. The molecule has 1 atom stereocenters. The molecule has 0 bridgehead atoms. The molecule has 174 valence electrons. The second-order valence-electron chi connectivity index (χ2n) is 8.79. The van der Waals surface area contributed by atoms with E-state index < -0.39 is 0 Å². The molecule has 1 fully saturated rings. The van der Waals surface area contributed by atoms with Crippen molar-refractivity contribution in [2.45, 2.75) is 78.6 Å². The molecule has 2 aliphatic heterocycles. The Balaban J connectivity index is 1.82. The minimum Gasteiger partial charge on any atom is -0.308 e. The van der Waals surface area contributed by atoms with Crippen LogP contribution in [-0.4, -0.2) is 34.1 Å². The van der Waals surface area contributed by atoms with E-state index in [-0.39, 0.29) is 11.8 Å². The van der Waals surface area contributed by atoms with Crippen molar-refractivity contribution in [2.24, 2.45) is 5.92 Å². The van der Waals surface area contributed by atoms with Crippen LogP contribution < -0.4 is 4.90 Å². The van der Waals surface area contributed by atoms with Crippen LogP contribution in [0, 0.1) is 5.92 Å². The van der Waals surface area contributed by atoms with E-state index in [4.69, 9.17) is 12.2 Å². The van der Waals surface area contributed by atoms with Crippen LogP contribution in [-0.2, 0) is 9.59 Å². The van der Waals surface area contributed by atoms with Gasteiger partial charge in [0.05, 0.1) is 16.2 Å². The normalized spacial score (nSPS) is 19.3. The van der Waals surface area contributed by atoms with Crippen molar-refractivity contribution in [2.75, 3.05) is 18.0 Å². The highest BCUT2D eigenvalue weighted by Crippen LogP contribution is 2.44. The highest BCUT2D eigenvalue weighted by Gasteiger charge is 2.42. The lowest BCUT2D eigenvalue weighted by molar-refractivity contribution is -0.123. The maximum absolute atomic E-state index is 13.5. The van der Waals surface area contributed by atoms with E-state index in [9.17, 15) is 9.59 Å². The van der Waals surface area contributed by atoms with Gasteiger partial charge in [0.1, 0.15) is 4.32 Å². The van der Waals surface area contributed by atoms with Crippen molar-refractivity contribution >= 4 is 51.4 Å². The van der Waals surface area contributed by atoms with Gasteiger partial charge in [-0.05, 0) is 24.8 Å².